The number of esters is 6. The lowest BCUT2D eigenvalue weighted by Crippen LogP contribution is -2.39. The molecule has 18 rings (SSSR count). The summed E-state index contributed by atoms with van der Waals surface area (Å²) in [5.41, 5.74) is -0.363. The predicted octanol–water partition coefficient (Wildman–Crippen LogP) is 29.9. The fraction of sp³-hybridized carbons (Fsp3) is 0.945. The Hall–Kier alpha value is -3.22. The second-order valence-corrected chi connectivity index (χ2v) is 40.7. The van der Waals surface area contributed by atoms with Gasteiger partial charge in [0.25, 0.3) is 0 Å². The van der Waals surface area contributed by atoms with Crippen LogP contribution in [0.25, 0.3) is 0 Å². The van der Waals surface area contributed by atoms with E-state index in [1.165, 1.54) is 141 Å². The summed E-state index contributed by atoms with van der Waals surface area (Å²) in [6.45, 7) is 35.7. The van der Waals surface area contributed by atoms with Crippen LogP contribution in [-0.4, -0.2) is 84.6 Å². The molecule has 0 aromatic heterocycles. The first-order chi connectivity index (χ1) is 53.1. The van der Waals surface area contributed by atoms with Gasteiger partial charge in [-0.3, -0.25) is 28.8 Å². The molecule has 33 atom stereocenters. The van der Waals surface area contributed by atoms with Gasteiger partial charge in [-0.1, -0.05) is 250 Å². The quantitative estimate of drug-likeness (QED) is 0.0835. The minimum atomic E-state index is -0.149. The van der Waals surface area contributed by atoms with E-state index in [1.54, 1.807) is 0 Å². The molecular weight excluding hydrogens is 1520 g/mol. The van der Waals surface area contributed by atoms with E-state index in [-0.39, 0.29) is 189 Å². The lowest BCUT2D eigenvalue weighted by molar-refractivity contribution is -0.169. The number of hydrogen-bond donors (Lipinski definition) is 0. The Kier molecular flexibility index (Phi) is 48.1. The lowest BCUT2D eigenvalue weighted by Gasteiger charge is -2.37. The largest absolute Gasteiger partial charge is 0.465 e. The van der Waals surface area contributed by atoms with Gasteiger partial charge in [0, 0.05) is 17.8 Å². The van der Waals surface area contributed by atoms with Crippen molar-refractivity contribution in [2.45, 2.75) is 460 Å². The van der Waals surface area contributed by atoms with Gasteiger partial charge in [0.1, 0.15) is 16.8 Å². The number of hydrogen-bond acceptors (Lipinski definition) is 13. The van der Waals surface area contributed by atoms with Crippen LogP contribution in [0.2, 0.25) is 0 Å². The zero-order valence-corrected chi connectivity index (χ0v) is 72.1. The van der Waals surface area contributed by atoms with Gasteiger partial charge in [-0.15, -0.1) is 0 Å². The molecule has 720 valence electrons. The standard InChI is InChI=1S/2C22H36O2.C21H34O2.2C11H18O2.C10H16O3.12CH4/c2*1-4-14-11-15(5-2)20-17-12-16(19(14)20)13-18(17)21(23)24-22(6-3)9-7-8-10-22;1-4-13-10-14(5-2)19-16-11-15(18(13)19)12-17(16)20(22)23-21(3)8-6-7-9-21;2*1-3-7-5-8(4-2)10-9(7)6-13-11(10)12;1-3-7-6-5-12-10(11)9(6)8(4-2)13-7;;;;;;;;;;;;/h2*14-20H,4-13H2,1-3H3;13-19H,4-12H2,1-3H3;2*7-10H,3-6H2,1-2H3;6-9H,3-5H2,1-2H3;12*1H4. The highest BCUT2D eigenvalue weighted by molar-refractivity contribution is 5.78. The van der Waals surface area contributed by atoms with Crippen LogP contribution >= 0.6 is 0 Å². The molecule has 0 radical (unpaired) electrons. The van der Waals surface area contributed by atoms with E-state index in [0.717, 1.165) is 197 Å². The van der Waals surface area contributed by atoms with Gasteiger partial charge in [-0.25, -0.2) is 0 Å². The van der Waals surface area contributed by atoms with Crippen LogP contribution < -0.4 is 0 Å². The molecule has 13 nitrogen and oxygen atoms in total. The molecule has 14 saturated carbocycles. The van der Waals surface area contributed by atoms with E-state index in [4.69, 9.17) is 33.2 Å². The molecule has 0 aromatic carbocycles. The summed E-state index contributed by atoms with van der Waals surface area (Å²) in [6, 6.07) is 0. The van der Waals surface area contributed by atoms with Crippen molar-refractivity contribution in [2.24, 2.45) is 183 Å². The van der Waals surface area contributed by atoms with Crippen molar-refractivity contribution in [1.82, 2.24) is 0 Å². The summed E-state index contributed by atoms with van der Waals surface area (Å²) in [6.07, 6.45) is 44.9. The average Bonchev–Trinajstić information content (AvgIpc) is 1.56. The molecule has 0 N–H and O–H groups in total. The van der Waals surface area contributed by atoms with Crippen LogP contribution in [0.3, 0.4) is 0 Å². The van der Waals surface area contributed by atoms with Crippen LogP contribution in [-0.2, 0) is 61.9 Å². The van der Waals surface area contributed by atoms with E-state index >= 15 is 0 Å². The number of fused-ring (bicyclic) bond motifs is 18. The van der Waals surface area contributed by atoms with E-state index in [0.29, 0.717) is 67.2 Å². The summed E-state index contributed by atoms with van der Waals surface area (Å²) >= 11 is 0. The van der Waals surface area contributed by atoms with Gasteiger partial charge >= 0.3 is 35.8 Å². The van der Waals surface area contributed by atoms with E-state index in [2.05, 4.69) is 104 Å². The third-order valence-electron chi connectivity index (χ3n) is 36.5. The first-order valence-electron chi connectivity index (χ1n) is 48.0. The Morgan fingerprint density at radius 1 is 0.287 bits per heavy atom. The molecule has 18 fully saturated rings. The van der Waals surface area contributed by atoms with Gasteiger partial charge in [0.2, 0.25) is 0 Å². The Morgan fingerprint density at radius 2 is 0.549 bits per heavy atom. The summed E-state index contributed by atoms with van der Waals surface area (Å²) in [4.78, 5) is 73.4. The second kappa shape index (κ2) is 50.3. The van der Waals surface area contributed by atoms with Gasteiger partial charge in [-0.2, -0.15) is 0 Å². The molecule has 0 aromatic rings. The molecule has 14 aliphatic carbocycles. The molecule has 0 amide bonds. The van der Waals surface area contributed by atoms with Crippen molar-refractivity contribution in [3.05, 3.63) is 0 Å². The van der Waals surface area contributed by atoms with Crippen molar-refractivity contribution in [1.29, 1.82) is 0 Å². The minimum absolute atomic E-state index is 0. The molecular formula is C109H206O13. The number of carbonyl (C=O) groups excluding carboxylic acids is 6. The summed E-state index contributed by atoms with van der Waals surface area (Å²) in [5, 5.41) is 0. The maximum atomic E-state index is 13.1. The van der Waals surface area contributed by atoms with Crippen molar-refractivity contribution in [2.75, 3.05) is 19.8 Å². The molecule has 122 heavy (non-hydrogen) atoms. The van der Waals surface area contributed by atoms with Crippen molar-refractivity contribution in [3.8, 4) is 0 Å². The number of rotatable bonds is 20. The fourth-order valence-corrected chi connectivity index (χ4v) is 30.9. The molecule has 6 bridgehead atoms. The first kappa shape index (κ1) is 117. The molecule has 4 heterocycles. The Labute approximate surface area is 756 Å². The van der Waals surface area contributed by atoms with Crippen LogP contribution in [0.15, 0.2) is 0 Å². The van der Waals surface area contributed by atoms with E-state index < -0.39 is 0 Å². The van der Waals surface area contributed by atoms with Crippen molar-refractivity contribution >= 4 is 35.8 Å². The van der Waals surface area contributed by atoms with Crippen molar-refractivity contribution < 1.29 is 61.9 Å². The van der Waals surface area contributed by atoms with Crippen LogP contribution in [0.4, 0.5) is 0 Å². The first-order valence-corrected chi connectivity index (χ1v) is 48.0. The zero-order valence-electron chi connectivity index (χ0n) is 72.1. The van der Waals surface area contributed by atoms with Gasteiger partial charge in [-0.05, 0) is 310 Å². The molecule has 13 heteroatoms. The van der Waals surface area contributed by atoms with Gasteiger partial charge in [0.05, 0.1) is 67.5 Å². The third kappa shape index (κ3) is 22.5. The molecule has 18 aliphatic rings. The normalized spacial score (nSPS) is 40.6. The monoisotopic (exact) mass is 1720 g/mol. The molecule has 0 spiro atoms. The minimum Gasteiger partial charge on any atom is -0.465 e. The maximum Gasteiger partial charge on any atom is 0.312 e. The maximum absolute atomic E-state index is 13.1. The van der Waals surface area contributed by atoms with E-state index in [9.17, 15) is 28.8 Å². The summed E-state index contributed by atoms with van der Waals surface area (Å²) < 4.78 is 39.7. The highest BCUT2D eigenvalue weighted by Gasteiger charge is 2.65. The fourth-order valence-electron chi connectivity index (χ4n) is 30.9. The molecule has 33 unspecified atom stereocenters. The van der Waals surface area contributed by atoms with Gasteiger partial charge in [0.15, 0.2) is 0 Å². The van der Waals surface area contributed by atoms with Crippen molar-refractivity contribution in [3.63, 3.8) is 0 Å². The van der Waals surface area contributed by atoms with Gasteiger partial charge < -0.3 is 33.2 Å². The predicted molar refractivity (Wildman–Crippen MR) is 513 cm³/mol. The number of ether oxygens (including phenoxy) is 7. The Balaban J connectivity index is 0.000000731. The second-order valence-electron chi connectivity index (χ2n) is 40.7. The van der Waals surface area contributed by atoms with E-state index in [1.807, 2.05) is 0 Å². The smallest absolute Gasteiger partial charge is 0.312 e. The zero-order chi connectivity index (χ0) is 78.3. The SMILES string of the molecule is C.C.C.C.C.C.C.C.C.C.C.C.CCC1CC(CC)C2C(=O)OCC12.CCC1CC(CC)C2C(=O)OCC12.CCC1CC(CC)C2C3CC(CC3C(=O)OC3(C)CCCC3)C12.CCC1CC(CC)C2C3CC(CC3C(=O)OC3(CC)CCCC3)C12.CCC1CC(CC)C2C3CC(CC3C(=O)OC3(CC)CCCC3)C12.CCC1OC(CC)C2C(=O)OCC12. The number of cyclic esters (lactones) is 3. The number of carbonyl (C=O) groups is 6. The third-order valence-corrected chi connectivity index (χ3v) is 36.5. The summed E-state index contributed by atoms with van der Waals surface area (Å²) in [7, 11) is 0. The molecule has 4 saturated heterocycles. The summed E-state index contributed by atoms with van der Waals surface area (Å²) in [5.74, 6) is 21.0. The highest BCUT2D eigenvalue weighted by atomic mass is 16.6. The Bertz CT molecular complexity index is 2870. The average molecular weight is 1720 g/mol. The lowest BCUT2D eigenvalue weighted by atomic mass is 9.70. The van der Waals surface area contributed by atoms with Crippen LogP contribution in [0.5, 0.6) is 0 Å². The van der Waals surface area contributed by atoms with Crippen LogP contribution in [0, 0.1) is 183 Å². The highest BCUT2D eigenvalue weighted by Crippen LogP contribution is 2.69. The molecule has 4 aliphatic heterocycles. The Morgan fingerprint density at radius 3 is 0.836 bits per heavy atom. The topological polar surface area (TPSA) is 167 Å². The van der Waals surface area contributed by atoms with Crippen LogP contribution in [0.1, 0.15) is 431 Å².